The fraction of sp³-hybridized carbons (Fsp3) is 0.619. The zero-order valence-electron chi connectivity index (χ0n) is 17.2. The molecule has 2 heterocycles. The van der Waals surface area contributed by atoms with Crippen LogP contribution in [0.2, 0.25) is 0 Å². The van der Waals surface area contributed by atoms with Crippen LogP contribution in [0.1, 0.15) is 18.1 Å². The summed E-state index contributed by atoms with van der Waals surface area (Å²) in [7, 11) is 0. The zero-order valence-corrected chi connectivity index (χ0v) is 17.2. The van der Waals surface area contributed by atoms with Crippen LogP contribution in [0.3, 0.4) is 0 Å². The molecule has 0 bridgehead atoms. The number of piperazine rings is 1. The minimum atomic E-state index is -0.197. The molecule has 154 valence electrons. The highest BCUT2D eigenvalue weighted by molar-refractivity contribution is 5.95. The van der Waals surface area contributed by atoms with Gasteiger partial charge in [-0.3, -0.25) is 19.4 Å². The smallest absolute Gasteiger partial charge is 0.241 e. The molecule has 7 heteroatoms. The van der Waals surface area contributed by atoms with E-state index in [1.54, 1.807) is 0 Å². The van der Waals surface area contributed by atoms with Crippen molar-refractivity contribution >= 4 is 17.5 Å². The van der Waals surface area contributed by atoms with Gasteiger partial charge in [-0.25, -0.2) is 0 Å². The van der Waals surface area contributed by atoms with Crippen LogP contribution in [0.15, 0.2) is 18.2 Å². The van der Waals surface area contributed by atoms with Crippen molar-refractivity contribution in [2.24, 2.45) is 0 Å². The van der Waals surface area contributed by atoms with Gasteiger partial charge in [-0.15, -0.1) is 0 Å². The van der Waals surface area contributed by atoms with E-state index in [1.165, 1.54) is 0 Å². The molecule has 2 saturated heterocycles. The van der Waals surface area contributed by atoms with Gasteiger partial charge in [0.15, 0.2) is 0 Å². The average molecular weight is 389 g/mol. The summed E-state index contributed by atoms with van der Waals surface area (Å²) in [5.41, 5.74) is 3.08. The lowest BCUT2D eigenvalue weighted by molar-refractivity contribution is -0.137. The molecule has 1 aromatic carbocycles. The van der Waals surface area contributed by atoms with Crippen LogP contribution in [0.5, 0.6) is 0 Å². The van der Waals surface area contributed by atoms with Crippen molar-refractivity contribution in [1.29, 1.82) is 0 Å². The van der Waals surface area contributed by atoms with Gasteiger partial charge in [-0.2, -0.15) is 0 Å². The quantitative estimate of drug-likeness (QED) is 0.819. The van der Waals surface area contributed by atoms with Crippen LogP contribution < -0.4 is 5.32 Å². The van der Waals surface area contributed by atoms with E-state index in [2.05, 4.69) is 15.1 Å². The maximum absolute atomic E-state index is 12.7. The molecule has 0 radical (unpaired) electrons. The number of hydrogen-bond acceptors (Lipinski definition) is 5. The maximum atomic E-state index is 12.7. The number of nitrogens with zero attached hydrogens (tertiary/aromatic N) is 3. The molecule has 2 aliphatic heterocycles. The largest absolute Gasteiger partial charge is 0.378 e. The van der Waals surface area contributed by atoms with E-state index < -0.39 is 0 Å². The Morgan fingerprint density at radius 1 is 1.07 bits per heavy atom. The Morgan fingerprint density at radius 3 is 2.43 bits per heavy atom. The first-order valence-corrected chi connectivity index (χ1v) is 10.1. The summed E-state index contributed by atoms with van der Waals surface area (Å²) in [6.07, 6.45) is 0. The molecule has 0 saturated carbocycles. The van der Waals surface area contributed by atoms with Crippen molar-refractivity contribution in [2.45, 2.75) is 26.8 Å². The topological polar surface area (TPSA) is 65.1 Å². The van der Waals surface area contributed by atoms with Crippen LogP contribution in [-0.2, 0) is 14.3 Å². The Labute approximate surface area is 167 Å². The van der Waals surface area contributed by atoms with Crippen molar-refractivity contribution in [3.63, 3.8) is 0 Å². The van der Waals surface area contributed by atoms with Crippen molar-refractivity contribution in [3.8, 4) is 0 Å². The summed E-state index contributed by atoms with van der Waals surface area (Å²) in [5, 5.41) is 3.07. The van der Waals surface area contributed by atoms with Crippen molar-refractivity contribution in [1.82, 2.24) is 14.7 Å². The minimum Gasteiger partial charge on any atom is -0.378 e. The van der Waals surface area contributed by atoms with Gasteiger partial charge in [-0.1, -0.05) is 12.1 Å². The molecule has 2 aliphatic rings. The first kappa shape index (κ1) is 20.8. The van der Waals surface area contributed by atoms with Crippen molar-refractivity contribution in [3.05, 3.63) is 29.3 Å². The van der Waals surface area contributed by atoms with E-state index in [-0.39, 0.29) is 17.9 Å². The predicted octanol–water partition coefficient (Wildman–Crippen LogP) is 1.11. The maximum Gasteiger partial charge on any atom is 0.241 e. The van der Waals surface area contributed by atoms with Crippen LogP contribution in [0.25, 0.3) is 0 Å². The average Bonchev–Trinajstić information content (AvgIpc) is 2.71. The van der Waals surface area contributed by atoms with E-state index in [0.29, 0.717) is 32.8 Å². The van der Waals surface area contributed by atoms with E-state index in [0.717, 1.165) is 43.0 Å². The number of hydrogen-bond donors (Lipinski definition) is 1. The minimum absolute atomic E-state index is 0.0199. The molecule has 1 N–H and O–H groups in total. The number of aryl methyl sites for hydroxylation is 2. The fourth-order valence-electron chi connectivity index (χ4n) is 3.69. The highest BCUT2D eigenvalue weighted by Gasteiger charge is 2.27. The number of rotatable bonds is 5. The SMILES string of the molecule is Cc1ccc(C)c(NC(=O)[C@@H](C)N2CCN(CC(=O)N3CCOCC3)CC2)c1. The molecule has 0 aromatic heterocycles. The lowest BCUT2D eigenvalue weighted by atomic mass is 10.1. The van der Waals surface area contributed by atoms with Gasteiger partial charge < -0.3 is 15.0 Å². The van der Waals surface area contributed by atoms with Crippen molar-refractivity contribution < 1.29 is 14.3 Å². The van der Waals surface area contributed by atoms with E-state index in [9.17, 15) is 9.59 Å². The number of carbonyl (C=O) groups excluding carboxylic acids is 2. The van der Waals surface area contributed by atoms with Gasteiger partial charge in [0.1, 0.15) is 0 Å². The fourth-order valence-corrected chi connectivity index (χ4v) is 3.69. The third-order valence-electron chi connectivity index (χ3n) is 5.71. The van der Waals surface area contributed by atoms with Gasteiger partial charge >= 0.3 is 0 Å². The third kappa shape index (κ3) is 5.31. The second-order valence-corrected chi connectivity index (χ2v) is 7.79. The van der Waals surface area contributed by atoms with E-state index in [4.69, 9.17) is 4.74 Å². The number of nitrogens with one attached hydrogen (secondary N) is 1. The lowest BCUT2D eigenvalue weighted by Gasteiger charge is -2.38. The number of carbonyl (C=O) groups is 2. The molecule has 0 spiro atoms. The van der Waals surface area contributed by atoms with Crippen LogP contribution in [0.4, 0.5) is 5.69 Å². The predicted molar refractivity (Wildman–Crippen MR) is 109 cm³/mol. The van der Waals surface area contributed by atoms with Gasteiger partial charge in [0.05, 0.1) is 25.8 Å². The monoisotopic (exact) mass is 388 g/mol. The molecular weight excluding hydrogens is 356 g/mol. The molecule has 1 aromatic rings. The standard InChI is InChI=1S/C21H32N4O3/c1-16-4-5-17(2)19(14-16)22-21(27)18(3)24-8-6-23(7-9-24)15-20(26)25-10-12-28-13-11-25/h4-5,14,18H,6-13,15H2,1-3H3,(H,22,27)/t18-/m1/s1. The molecule has 28 heavy (non-hydrogen) atoms. The second-order valence-electron chi connectivity index (χ2n) is 7.79. The lowest BCUT2D eigenvalue weighted by Crippen LogP contribution is -2.55. The summed E-state index contributed by atoms with van der Waals surface area (Å²) in [6.45, 7) is 12.3. The number of ether oxygens (including phenoxy) is 1. The summed E-state index contributed by atoms with van der Waals surface area (Å²) in [6, 6.07) is 5.89. The number of morpholine rings is 1. The number of benzene rings is 1. The third-order valence-corrected chi connectivity index (χ3v) is 5.71. The highest BCUT2D eigenvalue weighted by Crippen LogP contribution is 2.17. The van der Waals surface area contributed by atoms with Gasteiger partial charge in [0, 0.05) is 45.0 Å². The van der Waals surface area contributed by atoms with Crippen molar-refractivity contribution in [2.75, 3.05) is 64.3 Å². The molecule has 3 rings (SSSR count). The number of anilines is 1. The van der Waals surface area contributed by atoms with E-state index >= 15 is 0 Å². The van der Waals surface area contributed by atoms with Crippen LogP contribution >= 0.6 is 0 Å². The molecule has 1 atom stereocenters. The molecule has 0 aliphatic carbocycles. The van der Waals surface area contributed by atoms with Crippen LogP contribution in [0, 0.1) is 13.8 Å². The molecule has 2 fully saturated rings. The second kappa shape index (κ2) is 9.49. The van der Waals surface area contributed by atoms with Gasteiger partial charge in [0.25, 0.3) is 0 Å². The highest BCUT2D eigenvalue weighted by atomic mass is 16.5. The Bertz CT molecular complexity index is 695. The summed E-state index contributed by atoms with van der Waals surface area (Å²) < 4.78 is 5.31. The Morgan fingerprint density at radius 2 is 1.75 bits per heavy atom. The number of amides is 2. The first-order chi connectivity index (χ1) is 13.4. The van der Waals surface area contributed by atoms with Crippen LogP contribution in [-0.4, -0.2) is 91.6 Å². The zero-order chi connectivity index (χ0) is 20.1. The Balaban J connectivity index is 1.46. The molecular formula is C21H32N4O3. The molecule has 2 amide bonds. The van der Waals surface area contributed by atoms with Gasteiger partial charge in [-0.05, 0) is 38.0 Å². The molecule has 7 nitrogen and oxygen atoms in total. The van der Waals surface area contributed by atoms with Gasteiger partial charge in [0.2, 0.25) is 11.8 Å². The normalized spacial score (nSPS) is 20.0. The summed E-state index contributed by atoms with van der Waals surface area (Å²) >= 11 is 0. The Kier molecular flexibility index (Phi) is 7.04. The first-order valence-electron chi connectivity index (χ1n) is 10.1. The van der Waals surface area contributed by atoms with E-state index in [1.807, 2.05) is 43.9 Å². The summed E-state index contributed by atoms with van der Waals surface area (Å²) in [4.78, 5) is 31.4. The Hall–Kier alpha value is -1.96. The summed E-state index contributed by atoms with van der Waals surface area (Å²) in [5.74, 6) is 0.198. The molecule has 0 unspecified atom stereocenters.